The van der Waals surface area contributed by atoms with Crippen LogP contribution >= 0.6 is 0 Å². The molecular formula is C12H19N. The molecular weight excluding hydrogens is 158 g/mol. The predicted molar refractivity (Wildman–Crippen MR) is 57.5 cm³/mol. The highest BCUT2D eigenvalue weighted by Crippen LogP contribution is 2.15. The third-order valence-corrected chi connectivity index (χ3v) is 2.59. The van der Waals surface area contributed by atoms with Crippen molar-refractivity contribution in [2.45, 2.75) is 20.3 Å². The maximum Gasteiger partial charge on any atom is -0.00432 e. The van der Waals surface area contributed by atoms with Crippen molar-refractivity contribution in [3.05, 3.63) is 35.9 Å². The van der Waals surface area contributed by atoms with Crippen molar-refractivity contribution in [3.63, 3.8) is 0 Å². The van der Waals surface area contributed by atoms with Gasteiger partial charge in [-0.25, -0.2) is 0 Å². The zero-order valence-corrected chi connectivity index (χ0v) is 8.53. The van der Waals surface area contributed by atoms with Gasteiger partial charge in [0.25, 0.3) is 0 Å². The van der Waals surface area contributed by atoms with Crippen molar-refractivity contribution in [1.29, 1.82) is 0 Å². The first-order chi connectivity index (χ1) is 6.24. The van der Waals surface area contributed by atoms with Crippen LogP contribution in [0.4, 0.5) is 0 Å². The van der Waals surface area contributed by atoms with Gasteiger partial charge in [-0.15, -0.1) is 0 Å². The molecule has 0 spiro atoms. The van der Waals surface area contributed by atoms with E-state index in [0.29, 0.717) is 11.8 Å². The summed E-state index contributed by atoms with van der Waals surface area (Å²) >= 11 is 0. The van der Waals surface area contributed by atoms with Crippen molar-refractivity contribution in [1.82, 2.24) is 0 Å². The summed E-state index contributed by atoms with van der Waals surface area (Å²) in [6.07, 6.45) is 1.11. The number of hydrogen-bond donors (Lipinski definition) is 1. The van der Waals surface area contributed by atoms with Gasteiger partial charge in [-0.2, -0.15) is 0 Å². The first kappa shape index (κ1) is 10.3. The van der Waals surface area contributed by atoms with Gasteiger partial charge in [0.05, 0.1) is 0 Å². The molecule has 0 unspecified atom stereocenters. The fraction of sp³-hybridized carbons (Fsp3) is 0.500. The van der Waals surface area contributed by atoms with Crippen LogP contribution in [0.25, 0.3) is 0 Å². The van der Waals surface area contributed by atoms with Gasteiger partial charge in [0.15, 0.2) is 0 Å². The van der Waals surface area contributed by atoms with E-state index in [4.69, 9.17) is 5.73 Å². The van der Waals surface area contributed by atoms with E-state index in [9.17, 15) is 0 Å². The van der Waals surface area contributed by atoms with Crippen molar-refractivity contribution in [2.24, 2.45) is 17.6 Å². The highest BCUT2D eigenvalue weighted by molar-refractivity contribution is 5.15. The lowest BCUT2D eigenvalue weighted by Gasteiger charge is -2.18. The monoisotopic (exact) mass is 177 g/mol. The molecule has 1 nitrogen and oxygen atoms in total. The molecule has 0 amide bonds. The summed E-state index contributed by atoms with van der Waals surface area (Å²) in [5.74, 6) is 1.28. The van der Waals surface area contributed by atoms with Crippen LogP contribution in [0.15, 0.2) is 30.3 Å². The van der Waals surface area contributed by atoms with Crippen LogP contribution in [0.5, 0.6) is 0 Å². The highest BCUT2D eigenvalue weighted by Gasteiger charge is 2.11. The minimum Gasteiger partial charge on any atom is -0.330 e. The van der Waals surface area contributed by atoms with E-state index < -0.39 is 0 Å². The lowest BCUT2D eigenvalue weighted by molar-refractivity contribution is 0.392. The van der Waals surface area contributed by atoms with Crippen LogP contribution in [-0.2, 0) is 6.42 Å². The standard InChI is InChI=1S/C12H19N/c1-10(2)12(9-13)8-11-6-4-3-5-7-11/h3-7,10,12H,8-9,13H2,1-2H3/t12-/m0/s1. The number of rotatable bonds is 4. The molecule has 0 radical (unpaired) electrons. The normalized spacial score (nSPS) is 13.2. The zero-order chi connectivity index (χ0) is 9.68. The second-order valence-electron chi connectivity index (χ2n) is 3.93. The van der Waals surface area contributed by atoms with Gasteiger partial charge in [0.1, 0.15) is 0 Å². The van der Waals surface area contributed by atoms with Gasteiger partial charge in [0, 0.05) is 0 Å². The minimum absolute atomic E-state index is 0.613. The molecule has 1 aromatic rings. The Morgan fingerprint density at radius 1 is 1.15 bits per heavy atom. The quantitative estimate of drug-likeness (QED) is 0.751. The van der Waals surface area contributed by atoms with Gasteiger partial charge in [-0.1, -0.05) is 44.2 Å². The largest absolute Gasteiger partial charge is 0.330 e. The lowest BCUT2D eigenvalue weighted by atomic mass is 9.89. The molecule has 13 heavy (non-hydrogen) atoms. The number of nitrogens with two attached hydrogens (primary N) is 1. The summed E-state index contributed by atoms with van der Waals surface area (Å²) in [6.45, 7) is 5.26. The van der Waals surface area contributed by atoms with Gasteiger partial charge >= 0.3 is 0 Å². The van der Waals surface area contributed by atoms with E-state index in [2.05, 4.69) is 44.2 Å². The first-order valence-electron chi connectivity index (χ1n) is 4.98. The molecule has 0 aliphatic heterocycles. The number of hydrogen-bond acceptors (Lipinski definition) is 1. The minimum atomic E-state index is 0.613. The molecule has 0 aliphatic carbocycles. The van der Waals surface area contributed by atoms with Gasteiger partial charge in [-0.05, 0) is 30.4 Å². The Morgan fingerprint density at radius 2 is 1.77 bits per heavy atom. The summed E-state index contributed by atoms with van der Waals surface area (Å²) in [6, 6.07) is 10.6. The van der Waals surface area contributed by atoms with Crippen molar-refractivity contribution in [2.75, 3.05) is 6.54 Å². The molecule has 1 rings (SSSR count). The van der Waals surface area contributed by atoms with Crippen molar-refractivity contribution >= 4 is 0 Å². The Morgan fingerprint density at radius 3 is 2.23 bits per heavy atom. The van der Waals surface area contributed by atoms with E-state index in [1.165, 1.54) is 5.56 Å². The van der Waals surface area contributed by atoms with Gasteiger partial charge < -0.3 is 5.73 Å². The van der Waals surface area contributed by atoms with E-state index in [0.717, 1.165) is 13.0 Å². The van der Waals surface area contributed by atoms with E-state index in [-0.39, 0.29) is 0 Å². The van der Waals surface area contributed by atoms with Gasteiger partial charge in [0.2, 0.25) is 0 Å². The van der Waals surface area contributed by atoms with E-state index in [1.54, 1.807) is 0 Å². The highest BCUT2D eigenvalue weighted by atomic mass is 14.5. The van der Waals surface area contributed by atoms with E-state index >= 15 is 0 Å². The topological polar surface area (TPSA) is 26.0 Å². The van der Waals surface area contributed by atoms with E-state index in [1.807, 2.05) is 0 Å². The lowest BCUT2D eigenvalue weighted by Crippen LogP contribution is -2.22. The van der Waals surface area contributed by atoms with Crippen LogP contribution in [-0.4, -0.2) is 6.54 Å². The second-order valence-corrected chi connectivity index (χ2v) is 3.93. The maximum atomic E-state index is 5.72. The number of benzene rings is 1. The Balaban J connectivity index is 2.57. The third-order valence-electron chi connectivity index (χ3n) is 2.59. The summed E-state index contributed by atoms with van der Waals surface area (Å²) in [5.41, 5.74) is 7.12. The zero-order valence-electron chi connectivity index (χ0n) is 8.53. The fourth-order valence-electron chi connectivity index (χ4n) is 1.51. The van der Waals surface area contributed by atoms with Crippen LogP contribution < -0.4 is 5.73 Å². The average Bonchev–Trinajstić information content (AvgIpc) is 2.15. The summed E-state index contributed by atoms with van der Waals surface area (Å²) in [7, 11) is 0. The second kappa shape index (κ2) is 5.03. The molecule has 1 atom stereocenters. The van der Waals surface area contributed by atoms with Crippen molar-refractivity contribution < 1.29 is 0 Å². The van der Waals surface area contributed by atoms with Crippen LogP contribution in [0.2, 0.25) is 0 Å². The summed E-state index contributed by atoms with van der Waals surface area (Å²) in [4.78, 5) is 0. The predicted octanol–water partition coefficient (Wildman–Crippen LogP) is 2.46. The molecule has 1 heteroatoms. The Bertz CT molecular complexity index is 228. The summed E-state index contributed by atoms with van der Waals surface area (Å²) in [5, 5.41) is 0. The van der Waals surface area contributed by atoms with Crippen LogP contribution in [0.1, 0.15) is 19.4 Å². The van der Waals surface area contributed by atoms with Gasteiger partial charge in [-0.3, -0.25) is 0 Å². The third kappa shape index (κ3) is 3.19. The molecule has 0 saturated carbocycles. The molecule has 0 fully saturated rings. The average molecular weight is 177 g/mol. The maximum absolute atomic E-state index is 5.72. The summed E-state index contributed by atoms with van der Waals surface area (Å²) < 4.78 is 0. The van der Waals surface area contributed by atoms with Crippen LogP contribution in [0.3, 0.4) is 0 Å². The SMILES string of the molecule is CC(C)[C@H](CN)Cc1ccccc1. The Kier molecular flexibility index (Phi) is 3.97. The fourth-order valence-corrected chi connectivity index (χ4v) is 1.51. The molecule has 2 N–H and O–H groups in total. The molecule has 0 saturated heterocycles. The van der Waals surface area contributed by atoms with Crippen LogP contribution in [0, 0.1) is 11.8 Å². The first-order valence-corrected chi connectivity index (χ1v) is 4.98. The molecule has 1 aromatic carbocycles. The molecule has 0 aliphatic rings. The Labute approximate surface area is 81.0 Å². The smallest absolute Gasteiger partial charge is 0.00432 e. The Hall–Kier alpha value is -0.820. The van der Waals surface area contributed by atoms with Crippen molar-refractivity contribution in [3.8, 4) is 0 Å². The molecule has 72 valence electrons. The molecule has 0 bridgehead atoms. The molecule has 0 heterocycles. The molecule has 0 aromatic heterocycles.